The molecule has 2 aromatic rings. The quantitative estimate of drug-likeness (QED) is 0.718. The van der Waals surface area contributed by atoms with Crippen molar-refractivity contribution in [3.8, 4) is 16.9 Å². The molecule has 4 heteroatoms. The van der Waals surface area contributed by atoms with Gasteiger partial charge in [-0.2, -0.15) is 0 Å². The van der Waals surface area contributed by atoms with Gasteiger partial charge >= 0.3 is 5.97 Å². The maximum absolute atomic E-state index is 11.2. The summed E-state index contributed by atoms with van der Waals surface area (Å²) in [6.45, 7) is 3.22. The SMILES string of the molecule is CCC1(CCCNC)CCc2cc(-c3cccc(C(=O)O)c3)ccc2O1. The average molecular weight is 353 g/mol. The molecular weight excluding hydrogens is 326 g/mol. The zero-order valence-corrected chi connectivity index (χ0v) is 15.5. The van der Waals surface area contributed by atoms with E-state index in [0.717, 1.165) is 55.5 Å². The van der Waals surface area contributed by atoms with Gasteiger partial charge in [-0.1, -0.05) is 25.1 Å². The number of carboxylic acid groups (broad SMARTS) is 1. The Balaban J connectivity index is 1.82. The third-order valence-electron chi connectivity index (χ3n) is 5.38. The molecule has 0 bridgehead atoms. The van der Waals surface area contributed by atoms with Gasteiger partial charge in [-0.25, -0.2) is 4.79 Å². The van der Waals surface area contributed by atoms with Crippen molar-refractivity contribution in [2.45, 2.75) is 44.6 Å². The lowest BCUT2D eigenvalue weighted by molar-refractivity contribution is 0.0319. The van der Waals surface area contributed by atoms with E-state index in [2.05, 4.69) is 18.3 Å². The lowest BCUT2D eigenvalue weighted by atomic mass is 9.84. The van der Waals surface area contributed by atoms with E-state index in [1.165, 1.54) is 5.56 Å². The molecule has 2 N–H and O–H groups in total. The molecule has 0 aliphatic carbocycles. The Labute approximate surface area is 155 Å². The largest absolute Gasteiger partial charge is 0.487 e. The number of ether oxygens (including phenoxy) is 1. The first kappa shape index (κ1) is 18.5. The highest BCUT2D eigenvalue weighted by molar-refractivity contribution is 5.89. The summed E-state index contributed by atoms with van der Waals surface area (Å²) in [6.07, 6.45) is 5.21. The van der Waals surface area contributed by atoms with Gasteiger partial charge in [-0.05, 0) is 86.7 Å². The van der Waals surface area contributed by atoms with Crippen molar-refractivity contribution in [2.75, 3.05) is 13.6 Å². The fourth-order valence-corrected chi connectivity index (χ4v) is 3.72. The minimum Gasteiger partial charge on any atom is -0.487 e. The molecule has 4 nitrogen and oxygen atoms in total. The molecule has 0 saturated heterocycles. The number of carbonyl (C=O) groups is 1. The molecule has 0 fully saturated rings. The van der Waals surface area contributed by atoms with Crippen LogP contribution in [0, 0.1) is 0 Å². The summed E-state index contributed by atoms with van der Waals surface area (Å²) in [7, 11) is 1.98. The van der Waals surface area contributed by atoms with Crippen LogP contribution in [0.2, 0.25) is 0 Å². The van der Waals surface area contributed by atoms with Crippen LogP contribution < -0.4 is 10.1 Å². The van der Waals surface area contributed by atoms with Gasteiger partial charge in [0, 0.05) is 0 Å². The molecular formula is C22H27NO3. The van der Waals surface area contributed by atoms with Gasteiger partial charge in [0.05, 0.1) is 5.56 Å². The smallest absolute Gasteiger partial charge is 0.335 e. The molecule has 0 spiro atoms. The maximum Gasteiger partial charge on any atom is 0.335 e. The van der Waals surface area contributed by atoms with Crippen LogP contribution in [0.25, 0.3) is 11.1 Å². The molecule has 138 valence electrons. The number of carboxylic acids is 1. The van der Waals surface area contributed by atoms with Crippen LogP contribution >= 0.6 is 0 Å². The summed E-state index contributed by atoms with van der Waals surface area (Å²) in [5.41, 5.74) is 3.42. The molecule has 0 radical (unpaired) electrons. The Morgan fingerprint density at radius 3 is 2.77 bits per heavy atom. The number of rotatable bonds is 7. The molecule has 2 aromatic carbocycles. The molecule has 1 heterocycles. The van der Waals surface area contributed by atoms with Crippen molar-refractivity contribution in [3.05, 3.63) is 53.6 Å². The van der Waals surface area contributed by atoms with Crippen LogP contribution in [-0.4, -0.2) is 30.3 Å². The van der Waals surface area contributed by atoms with E-state index in [1.54, 1.807) is 18.2 Å². The van der Waals surface area contributed by atoms with E-state index in [0.29, 0.717) is 5.56 Å². The Morgan fingerprint density at radius 1 is 1.23 bits per heavy atom. The maximum atomic E-state index is 11.2. The van der Waals surface area contributed by atoms with Crippen LogP contribution in [0.3, 0.4) is 0 Å². The number of nitrogens with one attached hydrogen (secondary N) is 1. The highest BCUT2D eigenvalue weighted by Gasteiger charge is 2.34. The molecule has 3 rings (SSSR count). The predicted octanol–water partition coefficient (Wildman–Crippen LogP) is 4.53. The minimum atomic E-state index is -0.901. The molecule has 0 saturated carbocycles. The second kappa shape index (κ2) is 7.92. The van der Waals surface area contributed by atoms with Crippen molar-refractivity contribution in [1.82, 2.24) is 5.32 Å². The Morgan fingerprint density at radius 2 is 2.04 bits per heavy atom. The molecule has 0 amide bonds. The van der Waals surface area contributed by atoms with Gasteiger partial charge in [0.1, 0.15) is 11.4 Å². The summed E-state index contributed by atoms with van der Waals surface area (Å²) < 4.78 is 6.45. The topological polar surface area (TPSA) is 58.6 Å². The summed E-state index contributed by atoms with van der Waals surface area (Å²) in [4.78, 5) is 11.2. The molecule has 26 heavy (non-hydrogen) atoms. The average Bonchev–Trinajstić information content (AvgIpc) is 2.68. The van der Waals surface area contributed by atoms with E-state index in [4.69, 9.17) is 4.74 Å². The van der Waals surface area contributed by atoms with E-state index in [9.17, 15) is 9.90 Å². The summed E-state index contributed by atoms with van der Waals surface area (Å²) in [5.74, 6) is 0.0724. The lowest BCUT2D eigenvalue weighted by Gasteiger charge is -2.38. The second-order valence-corrected chi connectivity index (χ2v) is 7.05. The summed E-state index contributed by atoms with van der Waals surface area (Å²) >= 11 is 0. The van der Waals surface area contributed by atoms with E-state index < -0.39 is 5.97 Å². The zero-order valence-electron chi connectivity index (χ0n) is 15.5. The first-order chi connectivity index (χ1) is 12.6. The van der Waals surface area contributed by atoms with Crippen molar-refractivity contribution < 1.29 is 14.6 Å². The van der Waals surface area contributed by atoms with E-state index in [1.807, 2.05) is 25.2 Å². The van der Waals surface area contributed by atoms with Crippen LogP contribution in [0.15, 0.2) is 42.5 Å². The van der Waals surface area contributed by atoms with Crippen LogP contribution in [-0.2, 0) is 6.42 Å². The monoisotopic (exact) mass is 353 g/mol. The van der Waals surface area contributed by atoms with Gasteiger partial charge in [0.2, 0.25) is 0 Å². The molecule has 1 aliphatic rings. The molecule has 1 unspecified atom stereocenters. The second-order valence-electron chi connectivity index (χ2n) is 7.05. The predicted molar refractivity (Wildman–Crippen MR) is 104 cm³/mol. The van der Waals surface area contributed by atoms with Crippen LogP contribution in [0.1, 0.15) is 48.5 Å². The fraction of sp³-hybridized carbons (Fsp3) is 0.409. The number of fused-ring (bicyclic) bond motifs is 1. The number of aromatic carboxylic acids is 1. The molecule has 0 aromatic heterocycles. The van der Waals surface area contributed by atoms with Gasteiger partial charge < -0.3 is 15.2 Å². The third-order valence-corrected chi connectivity index (χ3v) is 5.38. The van der Waals surface area contributed by atoms with Gasteiger partial charge in [0.15, 0.2) is 0 Å². The Hall–Kier alpha value is -2.33. The Kier molecular flexibility index (Phi) is 5.62. The first-order valence-electron chi connectivity index (χ1n) is 9.37. The van der Waals surface area contributed by atoms with Crippen molar-refractivity contribution in [3.63, 3.8) is 0 Å². The first-order valence-corrected chi connectivity index (χ1v) is 9.37. The number of hydrogen-bond donors (Lipinski definition) is 2. The lowest BCUT2D eigenvalue weighted by Crippen LogP contribution is -2.39. The van der Waals surface area contributed by atoms with Gasteiger partial charge in [-0.15, -0.1) is 0 Å². The Bertz CT molecular complexity index is 787. The van der Waals surface area contributed by atoms with Crippen LogP contribution in [0.5, 0.6) is 5.75 Å². The number of aryl methyl sites for hydroxylation is 1. The summed E-state index contributed by atoms with van der Waals surface area (Å²) in [5, 5.41) is 12.4. The van der Waals surface area contributed by atoms with Crippen molar-refractivity contribution >= 4 is 5.97 Å². The highest BCUT2D eigenvalue weighted by atomic mass is 16.5. The minimum absolute atomic E-state index is 0.0609. The van der Waals surface area contributed by atoms with E-state index in [-0.39, 0.29) is 5.60 Å². The molecule has 1 atom stereocenters. The fourth-order valence-electron chi connectivity index (χ4n) is 3.72. The standard InChI is InChI=1S/C22H27NO3/c1-3-22(11-5-13-23-2)12-10-18-14-17(8-9-20(18)26-22)16-6-4-7-19(15-16)21(24)25/h4,6-9,14-15,23H,3,5,10-13H2,1-2H3,(H,24,25). The number of benzene rings is 2. The highest BCUT2D eigenvalue weighted by Crippen LogP contribution is 2.39. The number of hydrogen-bond acceptors (Lipinski definition) is 3. The molecule has 1 aliphatic heterocycles. The van der Waals surface area contributed by atoms with E-state index >= 15 is 0 Å². The zero-order chi connectivity index (χ0) is 18.6. The van der Waals surface area contributed by atoms with Crippen molar-refractivity contribution in [1.29, 1.82) is 0 Å². The van der Waals surface area contributed by atoms with Crippen LogP contribution in [0.4, 0.5) is 0 Å². The third kappa shape index (κ3) is 3.91. The van der Waals surface area contributed by atoms with Gasteiger partial charge in [-0.3, -0.25) is 0 Å². The normalized spacial score (nSPS) is 18.8. The van der Waals surface area contributed by atoms with Crippen molar-refractivity contribution in [2.24, 2.45) is 0 Å². The van der Waals surface area contributed by atoms with Gasteiger partial charge in [0.25, 0.3) is 0 Å². The summed E-state index contributed by atoms with van der Waals surface area (Å²) in [6, 6.07) is 13.3.